The molecule has 0 bridgehead atoms. The number of amides is 3. The first-order valence-electron chi connectivity index (χ1n) is 10.1. The minimum atomic E-state index is -0.379. The van der Waals surface area contributed by atoms with Crippen LogP contribution in [0, 0.1) is 0 Å². The fourth-order valence-corrected chi connectivity index (χ4v) is 3.31. The van der Waals surface area contributed by atoms with Gasteiger partial charge in [-0.25, -0.2) is 0 Å². The number of ether oxygens (including phenoxy) is 3. The lowest BCUT2D eigenvalue weighted by Gasteiger charge is -2.11. The summed E-state index contributed by atoms with van der Waals surface area (Å²) in [6.45, 7) is 1.39. The smallest absolute Gasteiger partial charge is 0.255 e. The molecule has 4 rings (SSSR count). The maximum atomic E-state index is 12.4. The summed E-state index contributed by atoms with van der Waals surface area (Å²) in [6.07, 6.45) is 1.24. The molecule has 2 aliphatic rings. The van der Waals surface area contributed by atoms with E-state index in [0.717, 1.165) is 12.8 Å². The van der Waals surface area contributed by atoms with Crippen molar-refractivity contribution in [3.8, 4) is 11.5 Å². The van der Waals surface area contributed by atoms with E-state index in [0.29, 0.717) is 48.0 Å². The van der Waals surface area contributed by atoms with Crippen molar-refractivity contribution < 1.29 is 28.6 Å². The van der Waals surface area contributed by atoms with E-state index in [1.807, 2.05) is 0 Å². The molecule has 3 amide bonds. The highest BCUT2D eigenvalue weighted by atomic mass is 16.7. The molecule has 0 aliphatic carbocycles. The van der Waals surface area contributed by atoms with Crippen LogP contribution in [-0.4, -0.2) is 50.3 Å². The Bertz CT molecular complexity index is 970. The lowest BCUT2D eigenvalue weighted by atomic mass is 10.1. The quantitative estimate of drug-likeness (QED) is 0.582. The summed E-state index contributed by atoms with van der Waals surface area (Å²) in [5, 5.41) is 8.28. The van der Waals surface area contributed by atoms with Gasteiger partial charge in [-0.15, -0.1) is 0 Å². The van der Waals surface area contributed by atoms with E-state index in [9.17, 15) is 14.4 Å². The highest BCUT2D eigenvalue weighted by molar-refractivity contribution is 6.05. The largest absolute Gasteiger partial charge is 0.454 e. The molecular weight excluding hydrogens is 402 g/mol. The Balaban J connectivity index is 1.23. The van der Waals surface area contributed by atoms with E-state index in [1.165, 1.54) is 0 Å². The molecule has 9 nitrogen and oxygen atoms in total. The van der Waals surface area contributed by atoms with Crippen molar-refractivity contribution in [3.05, 3.63) is 53.6 Å². The second-order valence-corrected chi connectivity index (χ2v) is 7.15. The Hall–Kier alpha value is -3.59. The van der Waals surface area contributed by atoms with Gasteiger partial charge in [-0.2, -0.15) is 0 Å². The fourth-order valence-electron chi connectivity index (χ4n) is 3.31. The number of hydrogen-bond acceptors (Lipinski definition) is 6. The van der Waals surface area contributed by atoms with Gasteiger partial charge in [0.15, 0.2) is 11.5 Å². The van der Waals surface area contributed by atoms with Crippen molar-refractivity contribution in [2.24, 2.45) is 0 Å². The van der Waals surface area contributed by atoms with E-state index >= 15 is 0 Å². The van der Waals surface area contributed by atoms with Gasteiger partial charge in [0.05, 0.1) is 0 Å². The van der Waals surface area contributed by atoms with E-state index in [1.54, 1.807) is 42.5 Å². The van der Waals surface area contributed by atoms with Crippen LogP contribution in [0.3, 0.4) is 0 Å². The Morgan fingerprint density at radius 3 is 2.39 bits per heavy atom. The zero-order valence-corrected chi connectivity index (χ0v) is 16.8. The molecule has 2 heterocycles. The Kier molecular flexibility index (Phi) is 6.32. The highest BCUT2D eigenvalue weighted by Gasteiger charge is 2.23. The minimum absolute atomic E-state index is 0.144. The van der Waals surface area contributed by atoms with Crippen LogP contribution in [0.15, 0.2) is 42.5 Å². The monoisotopic (exact) mass is 425 g/mol. The van der Waals surface area contributed by atoms with Gasteiger partial charge in [0, 0.05) is 36.5 Å². The molecule has 1 unspecified atom stereocenters. The zero-order chi connectivity index (χ0) is 21.6. The van der Waals surface area contributed by atoms with Crippen LogP contribution in [0.4, 0.5) is 5.69 Å². The molecule has 2 aromatic rings. The zero-order valence-electron chi connectivity index (χ0n) is 16.8. The van der Waals surface area contributed by atoms with Crippen molar-refractivity contribution in [1.82, 2.24) is 10.6 Å². The summed E-state index contributed by atoms with van der Waals surface area (Å²) in [5.74, 6) is 0.441. The molecular formula is C22H23N3O6. The standard InChI is InChI=1S/C22H23N3O6/c26-20(23-9-10-24-22(28)18-2-1-11-29-18)14-3-6-16(7-4-14)25-21(27)15-5-8-17-19(12-15)31-13-30-17/h3-8,12,18H,1-2,9-11,13H2,(H,23,26)(H,24,28)(H,25,27). The predicted molar refractivity (Wildman–Crippen MR) is 111 cm³/mol. The number of rotatable bonds is 7. The summed E-state index contributed by atoms with van der Waals surface area (Å²) >= 11 is 0. The van der Waals surface area contributed by atoms with Crippen LogP contribution in [0.1, 0.15) is 33.6 Å². The van der Waals surface area contributed by atoms with E-state index in [2.05, 4.69) is 16.0 Å². The number of fused-ring (bicyclic) bond motifs is 1. The number of carbonyl (C=O) groups is 3. The average Bonchev–Trinajstić information content (AvgIpc) is 3.48. The number of carbonyl (C=O) groups excluding carboxylic acids is 3. The van der Waals surface area contributed by atoms with Crippen molar-refractivity contribution in [2.75, 3.05) is 31.8 Å². The third-order valence-electron chi connectivity index (χ3n) is 4.97. The molecule has 31 heavy (non-hydrogen) atoms. The van der Waals surface area contributed by atoms with Crippen LogP contribution >= 0.6 is 0 Å². The fraction of sp³-hybridized carbons (Fsp3) is 0.318. The van der Waals surface area contributed by atoms with Gasteiger partial charge in [-0.1, -0.05) is 0 Å². The second-order valence-electron chi connectivity index (χ2n) is 7.15. The molecule has 1 fully saturated rings. The Morgan fingerprint density at radius 1 is 0.871 bits per heavy atom. The first-order chi connectivity index (χ1) is 15.1. The summed E-state index contributed by atoms with van der Waals surface area (Å²) < 4.78 is 15.8. The van der Waals surface area contributed by atoms with E-state index in [4.69, 9.17) is 14.2 Å². The van der Waals surface area contributed by atoms with Gasteiger partial charge in [-0.05, 0) is 55.3 Å². The van der Waals surface area contributed by atoms with Crippen molar-refractivity contribution >= 4 is 23.4 Å². The van der Waals surface area contributed by atoms with Gasteiger partial charge in [-0.3, -0.25) is 14.4 Å². The molecule has 2 aromatic carbocycles. The average molecular weight is 425 g/mol. The van der Waals surface area contributed by atoms with E-state index < -0.39 is 0 Å². The molecule has 0 saturated carbocycles. The maximum Gasteiger partial charge on any atom is 0.255 e. The number of benzene rings is 2. The third-order valence-corrected chi connectivity index (χ3v) is 4.97. The highest BCUT2D eigenvalue weighted by Crippen LogP contribution is 2.32. The maximum absolute atomic E-state index is 12.4. The number of anilines is 1. The molecule has 1 saturated heterocycles. The normalized spacial score (nSPS) is 16.6. The van der Waals surface area contributed by atoms with Crippen molar-refractivity contribution in [2.45, 2.75) is 18.9 Å². The molecule has 9 heteroatoms. The van der Waals surface area contributed by atoms with E-state index in [-0.39, 0.29) is 30.6 Å². The van der Waals surface area contributed by atoms with Gasteiger partial charge in [0.25, 0.3) is 11.8 Å². The number of nitrogens with one attached hydrogen (secondary N) is 3. The molecule has 0 spiro atoms. The van der Waals surface area contributed by atoms with Gasteiger partial charge >= 0.3 is 0 Å². The third kappa shape index (κ3) is 5.13. The summed E-state index contributed by atoms with van der Waals surface area (Å²) in [7, 11) is 0. The Morgan fingerprint density at radius 2 is 1.61 bits per heavy atom. The summed E-state index contributed by atoms with van der Waals surface area (Å²) in [6, 6.07) is 11.5. The van der Waals surface area contributed by atoms with Crippen LogP contribution in [0.25, 0.3) is 0 Å². The van der Waals surface area contributed by atoms with Gasteiger partial charge < -0.3 is 30.2 Å². The molecule has 162 valence electrons. The molecule has 0 radical (unpaired) electrons. The predicted octanol–water partition coefficient (Wildman–Crippen LogP) is 1.69. The van der Waals surface area contributed by atoms with Crippen LogP contribution < -0.4 is 25.4 Å². The SMILES string of the molecule is O=C(NCCNC(=O)C1CCCO1)c1ccc(NC(=O)c2ccc3c(c2)OCO3)cc1. The molecule has 1 atom stereocenters. The minimum Gasteiger partial charge on any atom is -0.454 e. The first kappa shape index (κ1) is 20.7. The van der Waals surface area contributed by atoms with Gasteiger partial charge in [0.1, 0.15) is 6.10 Å². The van der Waals surface area contributed by atoms with Crippen LogP contribution in [0.2, 0.25) is 0 Å². The van der Waals surface area contributed by atoms with Crippen molar-refractivity contribution in [1.29, 1.82) is 0 Å². The van der Waals surface area contributed by atoms with Crippen LogP contribution in [0.5, 0.6) is 11.5 Å². The van der Waals surface area contributed by atoms with Crippen LogP contribution in [-0.2, 0) is 9.53 Å². The summed E-state index contributed by atoms with van der Waals surface area (Å²) in [4.78, 5) is 36.5. The van der Waals surface area contributed by atoms with Crippen molar-refractivity contribution in [3.63, 3.8) is 0 Å². The molecule has 0 aromatic heterocycles. The molecule has 2 aliphatic heterocycles. The summed E-state index contributed by atoms with van der Waals surface area (Å²) in [5.41, 5.74) is 1.45. The molecule has 3 N–H and O–H groups in total. The second kappa shape index (κ2) is 9.48. The van der Waals surface area contributed by atoms with Gasteiger partial charge in [0.2, 0.25) is 12.7 Å². The number of hydrogen-bond donors (Lipinski definition) is 3. The topological polar surface area (TPSA) is 115 Å². The Labute approximate surface area is 179 Å². The lowest BCUT2D eigenvalue weighted by Crippen LogP contribution is -2.39. The lowest BCUT2D eigenvalue weighted by molar-refractivity contribution is -0.129. The first-order valence-corrected chi connectivity index (χ1v) is 10.1.